The fraction of sp³-hybridized carbons (Fsp3) is 0.647. The van der Waals surface area contributed by atoms with Crippen molar-refractivity contribution in [2.75, 3.05) is 0 Å². The summed E-state index contributed by atoms with van der Waals surface area (Å²) >= 11 is 0. The molecule has 0 heterocycles. The van der Waals surface area contributed by atoms with Crippen molar-refractivity contribution in [3.8, 4) is 0 Å². The maximum Gasteiger partial charge on any atom is 0.123 e. The van der Waals surface area contributed by atoms with E-state index in [1.54, 1.807) is 12.1 Å². The second kappa shape index (κ2) is 4.68. The van der Waals surface area contributed by atoms with E-state index in [2.05, 4.69) is 19.9 Å². The van der Waals surface area contributed by atoms with Crippen LogP contribution in [0, 0.1) is 35.4 Å². The van der Waals surface area contributed by atoms with Gasteiger partial charge < -0.3 is 0 Å². The van der Waals surface area contributed by atoms with Gasteiger partial charge in [0.05, 0.1) is 0 Å². The molecule has 18 heavy (non-hydrogen) atoms. The molecule has 0 spiro atoms. The summed E-state index contributed by atoms with van der Waals surface area (Å²) in [5.41, 5.74) is 1.19. The average Bonchev–Trinajstić information content (AvgIpc) is 2.88. The molecule has 2 bridgehead atoms. The van der Waals surface area contributed by atoms with Crippen LogP contribution in [-0.2, 0) is 6.42 Å². The second-order valence-corrected chi connectivity index (χ2v) is 6.73. The largest absolute Gasteiger partial charge is 0.207 e. The number of hydrogen-bond donors (Lipinski definition) is 0. The van der Waals surface area contributed by atoms with Crippen molar-refractivity contribution < 1.29 is 4.39 Å². The van der Waals surface area contributed by atoms with Crippen molar-refractivity contribution in [3.05, 3.63) is 35.6 Å². The lowest BCUT2D eigenvalue weighted by Crippen LogP contribution is -2.22. The Balaban J connectivity index is 1.65. The van der Waals surface area contributed by atoms with Crippen molar-refractivity contribution >= 4 is 0 Å². The molecule has 98 valence electrons. The highest BCUT2D eigenvalue weighted by atomic mass is 19.1. The van der Waals surface area contributed by atoms with Crippen LogP contribution in [0.2, 0.25) is 0 Å². The molecule has 1 aromatic carbocycles. The molecule has 4 atom stereocenters. The highest BCUT2D eigenvalue weighted by molar-refractivity contribution is 5.17. The minimum atomic E-state index is -0.0873. The van der Waals surface area contributed by atoms with Gasteiger partial charge in [-0.1, -0.05) is 26.0 Å². The standard InChI is InChI=1S/C17H23F/c1-11(2)17-10-14-9-15(17)8-13(14)6-12-4-3-5-16(18)7-12/h3-5,7,11,13-15,17H,6,8-10H2,1-2H3. The molecular weight excluding hydrogens is 223 g/mol. The molecule has 0 aliphatic heterocycles. The summed E-state index contributed by atoms with van der Waals surface area (Å²) in [6, 6.07) is 7.18. The van der Waals surface area contributed by atoms with Crippen LogP contribution in [0.4, 0.5) is 4.39 Å². The van der Waals surface area contributed by atoms with Crippen LogP contribution in [0.5, 0.6) is 0 Å². The molecular formula is C17H23F. The molecule has 0 saturated heterocycles. The van der Waals surface area contributed by atoms with E-state index in [1.165, 1.54) is 24.8 Å². The van der Waals surface area contributed by atoms with Crippen molar-refractivity contribution in [2.45, 2.75) is 39.5 Å². The zero-order valence-corrected chi connectivity index (χ0v) is 11.4. The third-order valence-corrected chi connectivity index (χ3v) is 5.30. The predicted molar refractivity (Wildman–Crippen MR) is 72.8 cm³/mol. The Morgan fingerprint density at radius 2 is 2.00 bits per heavy atom. The highest BCUT2D eigenvalue weighted by Crippen LogP contribution is 2.54. The monoisotopic (exact) mass is 246 g/mol. The van der Waals surface area contributed by atoms with Gasteiger partial charge in [-0.2, -0.15) is 0 Å². The SMILES string of the molecule is CC(C)C1CC2CC1CC2Cc1cccc(F)c1. The van der Waals surface area contributed by atoms with Crippen LogP contribution in [0.15, 0.2) is 24.3 Å². The summed E-state index contributed by atoms with van der Waals surface area (Å²) in [5.74, 6) is 4.38. The first-order chi connectivity index (χ1) is 8.63. The second-order valence-electron chi connectivity index (χ2n) is 6.73. The van der Waals surface area contributed by atoms with E-state index in [-0.39, 0.29) is 5.82 Å². The summed E-state index contributed by atoms with van der Waals surface area (Å²) in [4.78, 5) is 0. The lowest BCUT2D eigenvalue weighted by molar-refractivity contribution is 0.207. The molecule has 2 saturated carbocycles. The Hall–Kier alpha value is -0.850. The number of rotatable bonds is 3. The quantitative estimate of drug-likeness (QED) is 0.726. The fourth-order valence-corrected chi connectivity index (χ4v) is 4.47. The van der Waals surface area contributed by atoms with E-state index in [9.17, 15) is 4.39 Å². The molecule has 0 amide bonds. The smallest absolute Gasteiger partial charge is 0.123 e. The summed E-state index contributed by atoms with van der Waals surface area (Å²) < 4.78 is 13.2. The Morgan fingerprint density at radius 3 is 2.61 bits per heavy atom. The maximum absolute atomic E-state index is 13.2. The van der Waals surface area contributed by atoms with Gasteiger partial charge in [-0.25, -0.2) is 4.39 Å². The van der Waals surface area contributed by atoms with Crippen LogP contribution in [0.1, 0.15) is 38.7 Å². The molecule has 2 aliphatic rings. The Morgan fingerprint density at radius 1 is 1.17 bits per heavy atom. The highest BCUT2D eigenvalue weighted by Gasteiger charge is 2.46. The van der Waals surface area contributed by atoms with Crippen molar-refractivity contribution in [2.24, 2.45) is 29.6 Å². The van der Waals surface area contributed by atoms with Gasteiger partial charge in [0.2, 0.25) is 0 Å². The van der Waals surface area contributed by atoms with E-state index < -0.39 is 0 Å². The lowest BCUT2D eigenvalue weighted by Gasteiger charge is -2.30. The topological polar surface area (TPSA) is 0 Å². The van der Waals surface area contributed by atoms with Gasteiger partial charge in [0.15, 0.2) is 0 Å². The van der Waals surface area contributed by atoms with Gasteiger partial charge in [-0.3, -0.25) is 0 Å². The summed E-state index contributed by atoms with van der Waals surface area (Å²) in [7, 11) is 0. The fourth-order valence-electron chi connectivity index (χ4n) is 4.47. The average molecular weight is 246 g/mol. The molecule has 0 N–H and O–H groups in total. The normalized spacial score (nSPS) is 34.4. The van der Waals surface area contributed by atoms with Crippen LogP contribution in [0.25, 0.3) is 0 Å². The minimum absolute atomic E-state index is 0.0873. The summed E-state index contributed by atoms with van der Waals surface area (Å²) in [6.45, 7) is 4.74. The van der Waals surface area contributed by atoms with Crippen molar-refractivity contribution in [1.82, 2.24) is 0 Å². The first-order valence-electron chi connectivity index (χ1n) is 7.38. The molecule has 4 unspecified atom stereocenters. The Bertz CT molecular complexity index is 423. The lowest BCUT2D eigenvalue weighted by atomic mass is 9.75. The Kier molecular flexibility index (Phi) is 3.17. The van der Waals surface area contributed by atoms with Gasteiger partial charge in [-0.15, -0.1) is 0 Å². The zero-order valence-electron chi connectivity index (χ0n) is 11.4. The molecule has 2 fully saturated rings. The number of halogens is 1. The number of fused-ring (bicyclic) bond motifs is 2. The Labute approximate surface area is 110 Å². The number of hydrogen-bond acceptors (Lipinski definition) is 0. The van der Waals surface area contributed by atoms with E-state index in [0.717, 1.165) is 36.0 Å². The molecule has 1 aromatic rings. The van der Waals surface area contributed by atoms with E-state index in [1.807, 2.05) is 6.07 Å². The molecule has 0 nitrogen and oxygen atoms in total. The van der Waals surface area contributed by atoms with Crippen molar-refractivity contribution in [1.29, 1.82) is 0 Å². The third-order valence-electron chi connectivity index (χ3n) is 5.30. The first-order valence-corrected chi connectivity index (χ1v) is 7.38. The number of benzene rings is 1. The maximum atomic E-state index is 13.2. The van der Waals surface area contributed by atoms with Crippen molar-refractivity contribution in [3.63, 3.8) is 0 Å². The minimum Gasteiger partial charge on any atom is -0.207 e. The van der Waals surface area contributed by atoms with Crippen LogP contribution >= 0.6 is 0 Å². The van der Waals surface area contributed by atoms with Crippen LogP contribution in [-0.4, -0.2) is 0 Å². The predicted octanol–water partition coefficient (Wildman–Crippen LogP) is 4.69. The molecule has 2 aliphatic carbocycles. The van der Waals surface area contributed by atoms with Crippen LogP contribution in [0.3, 0.4) is 0 Å². The van der Waals surface area contributed by atoms with Gasteiger partial charge in [-0.05, 0) is 73.0 Å². The van der Waals surface area contributed by atoms with Gasteiger partial charge in [0, 0.05) is 0 Å². The van der Waals surface area contributed by atoms with E-state index >= 15 is 0 Å². The van der Waals surface area contributed by atoms with Gasteiger partial charge >= 0.3 is 0 Å². The van der Waals surface area contributed by atoms with Gasteiger partial charge in [0.1, 0.15) is 5.82 Å². The van der Waals surface area contributed by atoms with E-state index in [4.69, 9.17) is 0 Å². The third kappa shape index (κ3) is 2.20. The first kappa shape index (κ1) is 12.2. The molecule has 0 radical (unpaired) electrons. The van der Waals surface area contributed by atoms with Crippen LogP contribution < -0.4 is 0 Å². The zero-order chi connectivity index (χ0) is 12.7. The molecule has 1 heteroatoms. The molecule has 0 aromatic heterocycles. The van der Waals surface area contributed by atoms with E-state index in [0.29, 0.717) is 0 Å². The summed E-state index contributed by atoms with van der Waals surface area (Å²) in [6.07, 6.45) is 5.32. The van der Waals surface area contributed by atoms with Gasteiger partial charge in [0.25, 0.3) is 0 Å². The molecule has 3 rings (SSSR count). The summed E-state index contributed by atoms with van der Waals surface area (Å²) in [5, 5.41) is 0.